The van der Waals surface area contributed by atoms with E-state index in [-0.39, 0.29) is 5.56 Å². The van der Waals surface area contributed by atoms with Gasteiger partial charge in [-0.05, 0) is 49.6 Å². The molecule has 1 aromatic carbocycles. The third-order valence-electron chi connectivity index (χ3n) is 4.17. The number of hydrogen-bond donors (Lipinski definition) is 0. The van der Waals surface area contributed by atoms with Gasteiger partial charge in [-0.15, -0.1) is 16.4 Å². The SMILES string of the molecule is CCc1ccc(-n2nnc3c(sc4nc(C)cc(C)c43)c2=O)cc1. The Labute approximate surface area is 142 Å². The summed E-state index contributed by atoms with van der Waals surface area (Å²) in [5.41, 5.74) is 4.45. The number of pyridine rings is 1. The Morgan fingerprint density at radius 2 is 1.92 bits per heavy atom. The zero-order chi connectivity index (χ0) is 16.8. The molecule has 120 valence electrons. The molecule has 0 spiro atoms. The van der Waals surface area contributed by atoms with Crippen LogP contribution in [-0.2, 0) is 6.42 Å². The van der Waals surface area contributed by atoms with Crippen molar-refractivity contribution >= 4 is 31.8 Å². The summed E-state index contributed by atoms with van der Waals surface area (Å²) in [4.78, 5) is 18.3. The van der Waals surface area contributed by atoms with Crippen LogP contribution >= 0.6 is 11.3 Å². The van der Waals surface area contributed by atoms with E-state index in [0.29, 0.717) is 10.2 Å². The van der Waals surface area contributed by atoms with Crippen molar-refractivity contribution in [3.05, 3.63) is 57.5 Å². The average molecular weight is 336 g/mol. The van der Waals surface area contributed by atoms with Crippen molar-refractivity contribution in [2.75, 3.05) is 0 Å². The van der Waals surface area contributed by atoms with E-state index >= 15 is 0 Å². The highest BCUT2D eigenvalue weighted by molar-refractivity contribution is 7.25. The molecule has 0 amide bonds. The molecule has 0 saturated carbocycles. The van der Waals surface area contributed by atoms with Gasteiger partial charge in [0.2, 0.25) is 0 Å². The molecule has 6 heteroatoms. The molecule has 0 aliphatic heterocycles. The molecular weight excluding hydrogens is 320 g/mol. The maximum atomic E-state index is 12.9. The van der Waals surface area contributed by atoms with Gasteiger partial charge in [0.15, 0.2) is 0 Å². The van der Waals surface area contributed by atoms with E-state index in [2.05, 4.69) is 22.2 Å². The van der Waals surface area contributed by atoms with Gasteiger partial charge < -0.3 is 0 Å². The van der Waals surface area contributed by atoms with Crippen molar-refractivity contribution in [2.45, 2.75) is 27.2 Å². The smallest absolute Gasteiger partial charge is 0.266 e. The van der Waals surface area contributed by atoms with Crippen LogP contribution in [0.25, 0.3) is 26.1 Å². The quantitative estimate of drug-likeness (QED) is 0.561. The van der Waals surface area contributed by atoms with Gasteiger partial charge in [-0.25, -0.2) is 4.98 Å². The number of aromatic nitrogens is 4. The summed E-state index contributed by atoms with van der Waals surface area (Å²) < 4.78 is 1.96. The van der Waals surface area contributed by atoms with E-state index in [1.54, 1.807) is 0 Å². The fraction of sp³-hybridized carbons (Fsp3) is 0.222. The second-order valence-electron chi connectivity index (χ2n) is 5.87. The molecule has 3 heterocycles. The molecule has 0 atom stereocenters. The zero-order valence-electron chi connectivity index (χ0n) is 13.7. The van der Waals surface area contributed by atoms with Crippen molar-refractivity contribution in [3.8, 4) is 5.69 Å². The Hall–Kier alpha value is -2.60. The van der Waals surface area contributed by atoms with E-state index in [4.69, 9.17) is 0 Å². The van der Waals surface area contributed by atoms with Crippen LogP contribution in [-0.4, -0.2) is 20.0 Å². The molecule has 0 aliphatic carbocycles. The highest BCUT2D eigenvalue weighted by Gasteiger charge is 2.16. The summed E-state index contributed by atoms with van der Waals surface area (Å²) >= 11 is 1.39. The van der Waals surface area contributed by atoms with Gasteiger partial charge in [-0.1, -0.05) is 24.3 Å². The van der Waals surface area contributed by atoms with Crippen LogP contribution in [0, 0.1) is 13.8 Å². The number of fused-ring (bicyclic) bond motifs is 3. The third kappa shape index (κ3) is 2.22. The standard InChI is InChI=1S/C18H16N4OS/c1-4-12-5-7-13(8-6-12)22-18(23)16-15(20-21-22)14-10(2)9-11(3)19-17(14)24-16/h5-9H,4H2,1-3H3. The minimum atomic E-state index is -0.149. The molecule has 0 bridgehead atoms. The van der Waals surface area contributed by atoms with Gasteiger partial charge in [-0.3, -0.25) is 4.79 Å². The molecule has 0 N–H and O–H groups in total. The van der Waals surface area contributed by atoms with Crippen LogP contribution in [0.2, 0.25) is 0 Å². The maximum absolute atomic E-state index is 12.9. The molecule has 0 aliphatic rings. The van der Waals surface area contributed by atoms with Crippen LogP contribution in [0.4, 0.5) is 0 Å². The largest absolute Gasteiger partial charge is 0.292 e. The fourth-order valence-corrected chi connectivity index (χ4v) is 4.09. The Balaban J connectivity index is 1.99. The molecule has 24 heavy (non-hydrogen) atoms. The summed E-state index contributed by atoms with van der Waals surface area (Å²) in [6, 6.07) is 9.83. The third-order valence-corrected chi connectivity index (χ3v) is 5.23. The van der Waals surface area contributed by atoms with E-state index in [0.717, 1.165) is 33.6 Å². The second-order valence-corrected chi connectivity index (χ2v) is 6.87. The highest BCUT2D eigenvalue weighted by Crippen LogP contribution is 2.31. The van der Waals surface area contributed by atoms with Crippen LogP contribution in [0.15, 0.2) is 35.1 Å². The van der Waals surface area contributed by atoms with Crippen molar-refractivity contribution in [1.29, 1.82) is 0 Å². The normalized spacial score (nSPS) is 11.5. The Kier molecular flexibility index (Phi) is 3.42. The number of hydrogen-bond acceptors (Lipinski definition) is 5. The van der Waals surface area contributed by atoms with Crippen molar-refractivity contribution in [2.24, 2.45) is 0 Å². The molecule has 0 radical (unpaired) electrons. The molecule has 0 fully saturated rings. The Morgan fingerprint density at radius 3 is 2.62 bits per heavy atom. The first-order valence-corrected chi connectivity index (χ1v) is 8.66. The summed E-state index contributed by atoms with van der Waals surface area (Å²) in [6.07, 6.45) is 0.959. The average Bonchev–Trinajstić information content (AvgIpc) is 2.95. The lowest BCUT2D eigenvalue weighted by Gasteiger charge is -2.04. The maximum Gasteiger partial charge on any atom is 0.292 e. The van der Waals surface area contributed by atoms with Crippen molar-refractivity contribution in [3.63, 3.8) is 0 Å². The lowest BCUT2D eigenvalue weighted by molar-refractivity contribution is 0.740. The van der Waals surface area contributed by atoms with E-state index in [9.17, 15) is 4.79 Å². The monoisotopic (exact) mass is 336 g/mol. The first-order valence-electron chi connectivity index (χ1n) is 7.84. The van der Waals surface area contributed by atoms with Gasteiger partial charge >= 0.3 is 0 Å². The van der Waals surface area contributed by atoms with E-state index in [1.807, 2.05) is 44.2 Å². The van der Waals surface area contributed by atoms with Crippen LogP contribution in [0.5, 0.6) is 0 Å². The van der Waals surface area contributed by atoms with E-state index in [1.165, 1.54) is 21.6 Å². The summed E-state index contributed by atoms with van der Waals surface area (Å²) in [7, 11) is 0. The molecule has 4 aromatic rings. The molecule has 3 aromatic heterocycles. The minimum Gasteiger partial charge on any atom is -0.266 e. The topological polar surface area (TPSA) is 60.7 Å². The molecule has 5 nitrogen and oxygen atoms in total. The van der Waals surface area contributed by atoms with Crippen LogP contribution < -0.4 is 5.56 Å². The van der Waals surface area contributed by atoms with Gasteiger partial charge in [0.1, 0.15) is 15.0 Å². The number of rotatable bonds is 2. The van der Waals surface area contributed by atoms with Gasteiger partial charge in [0.25, 0.3) is 5.56 Å². The summed E-state index contributed by atoms with van der Waals surface area (Å²) in [5.74, 6) is 0. The Morgan fingerprint density at radius 1 is 1.17 bits per heavy atom. The molecule has 0 unspecified atom stereocenters. The predicted octanol–water partition coefficient (Wildman–Crippen LogP) is 3.57. The second kappa shape index (κ2) is 5.49. The van der Waals surface area contributed by atoms with Gasteiger partial charge in [-0.2, -0.15) is 4.68 Å². The lowest BCUT2D eigenvalue weighted by atomic mass is 10.1. The summed E-state index contributed by atoms with van der Waals surface area (Å²) in [6.45, 7) is 6.07. The van der Waals surface area contributed by atoms with Gasteiger partial charge in [0, 0.05) is 11.1 Å². The molecular formula is C18H16N4OS. The molecule has 4 rings (SSSR count). The number of nitrogens with zero attached hydrogens (tertiary/aromatic N) is 4. The number of aryl methyl sites for hydroxylation is 3. The number of thiophene rings is 1. The van der Waals surface area contributed by atoms with Crippen molar-refractivity contribution in [1.82, 2.24) is 20.0 Å². The molecule has 0 saturated heterocycles. The van der Waals surface area contributed by atoms with Crippen molar-refractivity contribution < 1.29 is 0 Å². The highest BCUT2D eigenvalue weighted by atomic mass is 32.1. The van der Waals surface area contributed by atoms with E-state index < -0.39 is 0 Å². The lowest BCUT2D eigenvalue weighted by Crippen LogP contribution is -2.21. The first kappa shape index (κ1) is 15.0. The number of benzene rings is 1. The fourth-order valence-electron chi connectivity index (χ4n) is 2.93. The summed E-state index contributed by atoms with van der Waals surface area (Å²) in [5, 5.41) is 9.40. The van der Waals surface area contributed by atoms with Crippen LogP contribution in [0.3, 0.4) is 0 Å². The Bertz CT molecular complexity index is 1130. The predicted molar refractivity (Wildman–Crippen MR) is 97.2 cm³/mol. The minimum absolute atomic E-state index is 0.149. The van der Waals surface area contributed by atoms with Gasteiger partial charge in [0.05, 0.1) is 5.69 Å². The first-order chi connectivity index (χ1) is 11.6. The van der Waals surface area contributed by atoms with Crippen LogP contribution in [0.1, 0.15) is 23.7 Å². The zero-order valence-corrected chi connectivity index (χ0v) is 14.5.